The van der Waals surface area contributed by atoms with E-state index in [4.69, 9.17) is 10.0 Å². The lowest BCUT2D eigenvalue weighted by molar-refractivity contribution is 0.389. The molecule has 3 nitrogen and oxygen atoms in total. The van der Waals surface area contributed by atoms with E-state index >= 15 is 0 Å². The molecule has 3 N–H and O–H groups in total. The Balaban J connectivity index is 2.06. The molecule has 0 aromatic rings. The molecule has 1 rings (SSSR count). The van der Waals surface area contributed by atoms with Crippen LogP contribution in [0, 0.1) is 5.92 Å². The summed E-state index contributed by atoms with van der Waals surface area (Å²) in [6, 6.07) is 0.612. The van der Waals surface area contributed by atoms with Crippen molar-refractivity contribution in [2.45, 2.75) is 38.5 Å². The van der Waals surface area contributed by atoms with Crippen molar-refractivity contribution in [3.63, 3.8) is 0 Å². The fraction of sp³-hybridized carbons (Fsp3) is 1.00. The molecule has 0 bridgehead atoms. The molecular formula is C8H18BNO2. The zero-order chi connectivity index (χ0) is 8.97. The highest BCUT2D eigenvalue weighted by Crippen LogP contribution is 2.21. The fourth-order valence-corrected chi connectivity index (χ4v) is 1.87. The third-order valence-corrected chi connectivity index (χ3v) is 2.73. The van der Waals surface area contributed by atoms with Crippen LogP contribution in [0.1, 0.15) is 26.2 Å². The van der Waals surface area contributed by atoms with Crippen molar-refractivity contribution in [1.29, 1.82) is 0 Å². The fourth-order valence-electron chi connectivity index (χ4n) is 1.87. The first-order valence-corrected chi connectivity index (χ1v) is 4.79. The Morgan fingerprint density at radius 3 is 2.75 bits per heavy atom. The van der Waals surface area contributed by atoms with Crippen LogP contribution >= 0.6 is 0 Å². The Hall–Kier alpha value is -0.0551. The smallest absolute Gasteiger partial charge is 0.427 e. The summed E-state index contributed by atoms with van der Waals surface area (Å²) in [5, 5.41) is 20.6. The monoisotopic (exact) mass is 171 g/mol. The van der Waals surface area contributed by atoms with E-state index in [2.05, 4.69) is 12.2 Å². The molecule has 0 aromatic heterocycles. The molecule has 12 heavy (non-hydrogen) atoms. The maximum Gasteiger partial charge on any atom is 0.451 e. The predicted molar refractivity (Wildman–Crippen MR) is 49.8 cm³/mol. The molecular weight excluding hydrogens is 153 g/mol. The molecule has 0 unspecified atom stereocenters. The second kappa shape index (κ2) is 4.85. The second-order valence-corrected chi connectivity index (χ2v) is 3.70. The Kier molecular flexibility index (Phi) is 4.05. The summed E-state index contributed by atoms with van der Waals surface area (Å²) in [4.78, 5) is 0. The molecule has 0 aliphatic carbocycles. The van der Waals surface area contributed by atoms with E-state index in [1.165, 1.54) is 6.42 Å². The largest absolute Gasteiger partial charge is 0.451 e. The summed E-state index contributed by atoms with van der Waals surface area (Å²) in [5.74, 6) is 0.740. The average molecular weight is 171 g/mol. The van der Waals surface area contributed by atoms with Crippen molar-refractivity contribution in [3.8, 4) is 0 Å². The van der Waals surface area contributed by atoms with Crippen LogP contribution in [0.5, 0.6) is 0 Å². The lowest BCUT2D eigenvalue weighted by Crippen LogP contribution is -2.23. The molecule has 1 fully saturated rings. The zero-order valence-electron chi connectivity index (χ0n) is 7.66. The van der Waals surface area contributed by atoms with Crippen LogP contribution in [0.15, 0.2) is 0 Å². The second-order valence-electron chi connectivity index (χ2n) is 3.70. The van der Waals surface area contributed by atoms with Crippen molar-refractivity contribution in [1.82, 2.24) is 5.32 Å². The summed E-state index contributed by atoms with van der Waals surface area (Å²) in [6.07, 6.45) is 3.80. The Morgan fingerprint density at radius 1 is 1.50 bits per heavy atom. The molecule has 1 saturated heterocycles. The molecule has 0 amide bonds. The SMILES string of the molecule is C[C@H]1NCC[C@@H]1CCCB(O)O. The van der Waals surface area contributed by atoms with E-state index in [0.29, 0.717) is 12.4 Å². The van der Waals surface area contributed by atoms with Crippen LogP contribution in [-0.4, -0.2) is 29.8 Å². The van der Waals surface area contributed by atoms with Gasteiger partial charge in [-0.2, -0.15) is 0 Å². The van der Waals surface area contributed by atoms with Gasteiger partial charge in [0.05, 0.1) is 0 Å². The normalized spacial score (nSPS) is 29.2. The summed E-state index contributed by atoms with van der Waals surface area (Å²) in [7, 11) is -1.12. The first-order chi connectivity index (χ1) is 5.70. The van der Waals surface area contributed by atoms with Crippen LogP contribution in [0.25, 0.3) is 0 Å². The van der Waals surface area contributed by atoms with Crippen molar-refractivity contribution in [3.05, 3.63) is 0 Å². The van der Waals surface area contributed by atoms with Gasteiger partial charge in [0.2, 0.25) is 0 Å². The van der Waals surface area contributed by atoms with Gasteiger partial charge in [-0.1, -0.05) is 6.42 Å². The van der Waals surface area contributed by atoms with Crippen molar-refractivity contribution >= 4 is 7.12 Å². The van der Waals surface area contributed by atoms with Gasteiger partial charge in [-0.05, 0) is 38.5 Å². The minimum absolute atomic E-state index is 0.517. The van der Waals surface area contributed by atoms with Crippen LogP contribution in [0.3, 0.4) is 0 Å². The molecule has 1 aliphatic heterocycles. The summed E-state index contributed by atoms with van der Waals surface area (Å²) in [5.41, 5.74) is 0. The van der Waals surface area contributed by atoms with E-state index < -0.39 is 7.12 Å². The van der Waals surface area contributed by atoms with E-state index in [0.717, 1.165) is 25.3 Å². The van der Waals surface area contributed by atoms with Gasteiger partial charge in [-0.25, -0.2) is 0 Å². The lowest BCUT2D eigenvalue weighted by Gasteiger charge is -2.13. The van der Waals surface area contributed by atoms with Crippen molar-refractivity contribution in [2.75, 3.05) is 6.54 Å². The van der Waals surface area contributed by atoms with E-state index in [1.54, 1.807) is 0 Å². The highest BCUT2D eigenvalue weighted by molar-refractivity contribution is 6.40. The van der Waals surface area contributed by atoms with Crippen LogP contribution < -0.4 is 5.32 Å². The molecule has 0 aromatic carbocycles. The first kappa shape index (κ1) is 10.0. The van der Waals surface area contributed by atoms with Gasteiger partial charge in [0.1, 0.15) is 0 Å². The number of nitrogens with one attached hydrogen (secondary N) is 1. The van der Waals surface area contributed by atoms with Gasteiger partial charge >= 0.3 is 7.12 Å². The number of hydrogen-bond donors (Lipinski definition) is 3. The van der Waals surface area contributed by atoms with Gasteiger partial charge in [-0.15, -0.1) is 0 Å². The molecule has 1 heterocycles. The molecule has 0 saturated carbocycles. The molecule has 70 valence electrons. The Morgan fingerprint density at radius 2 is 2.25 bits per heavy atom. The quantitative estimate of drug-likeness (QED) is 0.531. The standard InChI is InChI=1S/C8H18BNO2/c1-7-8(4-6-10-7)3-2-5-9(11)12/h7-8,10-12H,2-6H2,1H3/t7-,8+/m1/s1. The lowest BCUT2D eigenvalue weighted by atomic mass is 9.81. The third-order valence-electron chi connectivity index (χ3n) is 2.73. The topological polar surface area (TPSA) is 52.5 Å². The van der Waals surface area contributed by atoms with Gasteiger partial charge < -0.3 is 15.4 Å². The van der Waals surface area contributed by atoms with E-state index in [-0.39, 0.29) is 0 Å². The van der Waals surface area contributed by atoms with Crippen LogP contribution in [0.4, 0.5) is 0 Å². The van der Waals surface area contributed by atoms with Gasteiger partial charge in [0.25, 0.3) is 0 Å². The maximum absolute atomic E-state index is 8.63. The summed E-state index contributed by atoms with van der Waals surface area (Å²) >= 11 is 0. The molecule has 0 spiro atoms. The minimum Gasteiger partial charge on any atom is -0.427 e. The van der Waals surface area contributed by atoms with Crippen LogP contribution in [0.2, 0.25) is 6.32 Å². The number of hydrogen-bond acceptors (Lipinski definition) is 3. The van der Waals surface area contributed by atoms with Gasteiger partial charge in [0.15, 0.2) is 0 Å². The van der Waals surface area contributed by atoms with Crippen molar-refractivity contribution < 1.29 is 10.0 Å². The highest BCUT2D eigenvalue weighted by Gasteiger charge is 2.22. The Labute approximate surface area is 74.3 Å². The first-order valence-electron chi connectivity index (χ1n) is 4.79. The molecule has 1 aliphatic rings. The maximum atomic E-state index is 8.63. The highest BCUT2D eigenvalue weighted by atomic mass is 16.4. The van der Waals surface area contributed by atoms with Crippen LogP contribution in [-0.2, 0) is 0 Å². The predicted octanol–water partition coefficient (Wildman–Crippen LogP) is 0.237. The summed E-state index contributed by atoms with van der Waals surface area (Å²) in [6.45, 7) is 3.32. The Bertz CT molecular complexity index is 132. The summed E-state index contributed by atoms with van der Waals surface area (Å²) < 4.78 is 0. The van der Waals surface area contributed by atoms with Gasteiger partial charge in [0, 0.05) is 6.04 Å². The van der Waals surface area contributed by atoms with Crippen molar-refractivity contribution in [2.24, 2.45) is 5.92 Å². The number of rotatable bonds is 4. The minimum atomic E-state index is -1.12. The zero-order valence-corrected chi connectivity index (χ0v) is 7.66. The van der Waals surface area contributed by atoms with E-state index in [9.17, 15) is 0 Å². The third kappa shape index (κ3) is 3.13. The molecule has 0 radical (unpaired) electrons. The average Bonchev–Trinajstić information content (AvgIpc) is 2.36. The van der Waals surface area contributed by atoms with Gasteiger partial charge in [-0.3, -0.25) is 0 Å². The van der Waals surface area contributed by atoms with E-state index in [1.807, 2.05) is 0 Å². The molecule has 4 heteroatoms. The molecule has 2 atom stereocenters.